The first-order chi connectivity index (χ1) is 17.9. The van der Waals surface area contributed by atoms with Gasteiger partial charge in [-0.1, -0.05) is 13.8 Å². The molecule has 1 aliphatic heterocycles. The van der Waals surface area contributed by atoms with Crippen molar-refractivity contribution in [1.82, 2.24) is 20.3 Å². The zero-order chi connectivity index (χ0) is 25.9. The summed E-state index contributed by atoms with van der Waals surface area (Å²) in [6.07, 6.45) is 3.59. The summed E-state index contributed by atoms with van der Waals surface area (Å²) in [6.45, 7) is 6.47. The lowest BCUT2D eigenvalue weighted by Gasteiger charge is -2.32. The highest BCUT2D eigenvalue weighted by Gasteiger charge is 2.21. The number of fused-ring (bicyclic) bond motifs is 1. The Morgan fingerprint density at radius 2 is 1.95 bits per heavy atom. The minimum absolute atomic E-state index is 0.102. The summed E-state index contributed by atoms with van der Waals surface area (Å²) in [4.78, 5) is 27.8. The number of aromatic nitrogens is 3. The van der Waals surface area contributed by atoms with Gasteiger partial charge in [0.05, 0.1) is 11.6 Å². The zero-order valence-corrected chi connectivity index (χ0v) is 21.5. The van der Waals surface area contributed by atoms with Gasteiger partial charge in [-0.2, -0.15) is 5.26 Å². The van der Waals surface area contributed by atoms with E-state index in [0.717, 1.165) is 42.9 Å². The summed E-state index contributed by atoms with van der Waals surface area (Å²) in [5, 5.41) is 12.7. The molecule has 188 valence electrons. The number of halogens is 1. The molecule has 37 heavy (non-hydrogen) atoms. The fourth-order valence-electron chi connectivity index (χ4n) is 4.65. The fraction of sp³-hybridized carbons (Fsp3) is 0.321. The van der Waals surface area contributed by atoms with Crippen LogP contribution in [0.25, 0.3) is 22.6 Å². The molecule has 1 saturated heterocycles. The number of rotatable bonds is 6. The Labute approximate surface area is 220 Å². The summed E-state index contributed by atoms with van der Waals surface area (Å²) in [5.41, 5.74) is 4.23. The molecule has 0 saturated carbocycles. The van der Waals surface area contributed by atoms with Crippen LogP contribution in [0.1, 0.15) is 54.1 Å². The van der Waals surface area contributed by atoms with Gasteiger partial charge in [0.1, 0.15) is 11.3 Å². The monoisotopic (exact) mass is 514 g/mol. The molecule has 0 bridgehead atoms. The molecule has 3 heterocycles. The van der Waals surface area contributed by atoms with Crippen molar-refractivity contribution < 1.29 is 9.21 Å². The van der Waals surface area contributed by atoms with Crippen LogP contribution in [0.5, 0.6) is 0 Å². The Morgan fingerprint density at radius 1 is 1.19 bits per heavy atom. The van der Waals surface area contributed by atoms with Crippen molar-refractivity contribution >= 4 is 34.4 Å². The average Bonchev–Trinajstić information content (AvgIpc) is 3.35. The van der Waals surface area contributed by atoms with Crippen LogP contribution >= 0.6 is 11.6 Å². The van der Waals surface area contributed by atoms with Gasteiger partial charge in [0.25, 0.3) is 5.91 Å². The number of anilines is 1. The fourth-order valence-corrected chi connectivity index (χ4v) is 4.79. The van der Waals surface area contributed by atoms with Crippen molar-refractivity contribution in [3.8, 4) is 17.5 Å². The Balaban J connectivity index is 1.20. The lowest BCUT2D eigenvalue weighted by Crippen LogP contribution is -2.39. The first-order valence-corrected chi connectivity index (χ1v) is 12.8. The van der Waals surface area contributed by atoms with E-state index in [0.29, 0.717) is 40.6 Å². The molecule has 1 fully saturated rings. The molecule has 8 nitrogen and oxygen atoms in total. The summed E-state index contributed by atoms with van der Waals surface area (Å²) in [5.74, 6) is 1.81. The maximum absolute atomic E-state index is 12.8. The third-order valence-electron chi connectivity index (χ3n) is 6.77. The van der Waals surface area contributed by atoms with Gasteiger partial charge in [-0.3, -0.25) is 4.79 Å². The van der Waals surface area contributed by atoms with Crippen LogP contribution in [0, 0.1) is 17.2 Å². The highest BCUT2D eigenvalue weighted by atomic mass is 35.5. The molecule has 4 aromatic rings. The molecule has 1 aliphatic rings. The van der Waals surface area contributed by atoms with E-state index in [-0.39, 0.29) is 17.1 Å². The Kier molecular flexibility index (Phi) is 7.06. The summed E-state index contributed by atoms with van der Waals surface area (Å²) in [7, 11) is 0. The van der Waals surface area contributed by atoms with Crippen LogP contribution in [0.4, 0.5) is 5.82 Å². The van der Waals surface area contributed by atoms with Gasteiger partial charge in [-0.05, 0) is 78.7 Å². The van der Waals surface area contributed by atoms with Crippen LogP contribution < -0.4 is 10.2 Å². The first kappa shape index (κ1) is 24.7. The number of carbonyl (C=O) groups is 1. The van der Waals surface area contributed by atoms with Crippen molar-refractivity contribution in [3.63, 3.8) is 0 Å². The van der Waals surface area contributed by atoms with Crippen LogP contribution in [-0.2, 0) is 0 Å². The van der Waals surface area contributed by atoms with E-state index < -0.39 is 0 Å². The normalized spacial score (nSPS) is 14.2. The maximum Gasteiger partial charge on any atom is 0.251 e. The van der Waals surface area contributed by atoms with Gasteiger partial charge in [0.2, 0.25) is 11.2 Å². The molecule has 1 N–H and O–H groups in total. The van der Waals surface area contributed by atoms with Crippen LogP contribution in [0.15, 0.2) is 53.1 Å². The summed E-state index contributed by atoms with van der Waals surface area (Å²) < 4.78 is 6.08. The predicted molar refractivity (Wildman–Crippen MR) is 143 cm³/mol. The number of nitriles is 1. The number of amides is 1. The van der Waals surface area contributed by atoms with Crippen molar-refractivity contribution in [2.45, 2.75) is 32.6 Å². The van der Waals surface area contributed by atoms with E-state index in [9.17, 15) is 10.1 Å². The third-order valence-corrected chi connectivity index (χ3v) is 6.95. The lowest BCUT2D eigenvalue weighted by molar-refractivity contribution is 0.0945. The molecule has 0 atom stereocenters. The molecule has 0 unspecified atom stereocenters. The van der Waals surface area contributed by atoms with E-state index in [1.54, 1.807) is 24.4 Å². The minimum atomic E-state index is -0.102. The molecule has 5 rings (SSSR count). The number of oxazole rings is 1. The molecule has 9 heteroatoms. The quantitative estimate of drug-likeness (QED) is 0.334. The number of benzene rings is 2. The van der Waals surface area contributed by atoms with Crippen molar-refractivity contribution in [2.24, 2.45) is 5.92 Å². The number of piperidine rings is 1. The average molecular weight is 515 g/mol. The largest absolute Gasteiger partial charge is 0.436 e. The molecule has 0 radical (unpaired) electrons. The molecular weight excluding hydrogens is 488 g/mol. The molecule has 0 spiro atoms. The number of hydrogen-bond acceptors (Lipinski definition) is 7. The van der Waals surface area contributed by atoms with Gasteiger partial charge >= 0.3 is 0 Å². The van der Waals surface area contributed by atoms with E-state index in [1.165, 1.54) is 0 Å². The van der Waals surface area contributed by atoms with Gasteiger partial charge in [0.15, 0.2) is 5.58 Å². The zero-order valence-electron chi connectivity index (χ0n) is 20.7. The van der Waals surface area contributed by atoms with Crippen molar-refractivity contribution in [3.05, 3.63) is 70.6 Å². The number of hydrogen-bond donors (Lipinski definition) is 1. The second-order valence-electron chi connectivity index (χ2n) is 9.60. The van der Waals surface area contributed by atoms with E-state index in [2.05, 4.69) is 45.1 Å². The van der Waals surface area contributed by atoms with E-state index in [4.69, 9.17) is 16.0 Å². The smallest absolute Gasteiger partial charge is 0.251 e. The SMILES string of the molecule is CC(C)c1cc(C#N)cc2nc(-c3ccc(C(=O)NCC4CCN(c5ccnc(Cl)n5)CC4)cc3)oc12. The highest BCUT2D eigenvalue weighted by molar-refractivity contribution is 6.28. The van der Waals surface area contributed by atoms with Gasteiger partial charge in [-0.15, -0.1) is 0 Å². The molecule has 0 aliphatic carbocycles. The lowest BCUT2D eigenvalue weighted by atomic mass is 9.96. The van der Waals surface area contributed by atoms with Crippen LogP contribution in [-0.4, -0.2) is 40.5 Å². The molecule has 2 aromatic carbocycles. The summed E-state index contributed by atoms with van der Waals surface area (Å²) >= 11 is 5.91. The highest BCUT2D eigenvalue weighted by Crippen LogP contribution is 2.31. The third kappa shape index (κ3) is 5.42. The maximum atomic E-state index is 12.8. The Morgan fingerprint density at radius 3 is 2.62 bits per heavy atom. The number of nitrogens with zero attached hydrogens (tertiary/aromatic N) is 5. The number of carbonyl (C=O) groups excluding carboxylic acids is 1. The van der Waals surface area contributed by atoms with E-state index in [1.807, 2.05) is 24.3 Å². The minimum Gasteiger partial charge on any atom is -0.436 e. The van der Waals surface area contributed by atoms with E-state index >= 15 is 0 Å². The topological polar surface area (TPSA) is 108 Å². The molecule has 1 amide bonds. The second kappa shape index (κ2) is 10.6. The van der Waals surface area contributed by atoms with Crippen molar-refractivity contribution in [2.75, 3.05) is 24.5 Å². The van der Waals surface area contributed by atoms with Crippen molar-refractivity contribution in [1.29, 1.82) is 5.26 Å². The number of nitrogens with one attached hydrogen (secondary N) is 1. The molecular formula is C28H27ClN6O2. The standard InChI is InChI=1S/C28H27ClN6O2/c1-17(2)22-13-19(15-30)14-23-25(22)37-27(33-23)21-5-3-20(4-6-21)26(36)32-16-18-8-11-35(12-9-18)24-7-10-31-28(29)34-24/h3-7,10,13-14,17-18H,8-9,11-12,16H2,1-2H3,(H,32,36). The first-order valence-electron chi connectivity index (χ1n) is 12.4. The second-order valence-corrected chi connectivity index (χ2v) is 9.94. The molecule has 2 aromatic heterocycles. The van der Waals surface area contributed by atoms with Crippen LogP contribution in [0.3, 0.4) is 0 Å². The van der Waals surface area contributed by atoms with Crippen LogP contribution in [0.2, 0.25) is 5.28 Å². The summed E-state index contributed by atoms with van der Waals surface area (Å²) in [6, 6.07) is 14.9. The van der Waals surface area contributed by atoms with Gasteiger partial charge < -0.3 is 14.6 Å². The van der Waals surface area contributed by atoms with Gasteiger partial charge in [0, 0.05) is 42.5 Å². The Hall–Kier alpha value is -3.96. The Bertz CT molecular complexity index is 1470. The van der Waals surface area contributed by atoms with Gasteiger partial charge in [-0.25, -0.2) is 15.0 Å². The predicted octanol–water partition coefficient (Wildman–Crippen LogP) is 5.58.